The predicted octanol–water partition coefficient (Wildman–Crippen LogP) is 4.31. The summed E-state index contributed by atoms with van der Waals surface area (Å²) in [7, 11) is 0. The maximum atomic E-state index is 4.17. The molecule has 1 aromatic carbocycles. The average Bonchev–Trinajstić information content (AvgIpc) is 3.03. The van der Waals surface area contributed by atoms with Gasteiger partial charge in [-0.25, -0.2) is 0 Å². The fourth-order valence-corrected chi connectivity index (χ4v) is 3.38. The summed E-state index contributed by atoms with van der Waals surface area (Å²) in [6.07, 6.45) is 5.92. The highest BCUT2D eigenvalue weighted by molar-refractivity contribution is 7.09. The summed E-state index contributed by atoms with van der Waals surface area (Å²) in [4.78, 5) is 7.95. The maximum Gasteiger partial charge on any atom is 0.0795 e. The molecule has 1 atom stereocenters. The molecule has 3 nitrogen and oxygen atoms in total. The molecule has 0 spiro atoms. The van der Waals surface area contributed by atoms with Crippen molar-refractivity contribution < 1.29 is 0 Å². The van der Waals surface area contributed by atoms with E-state index >= 15 is 0 Å². The zero-order chi connectivity index (χ0) is 13.8. The van der Waals surface area contributed by atoms with E-state index in [4.69, 9.17) is 0 Å². The fourth-order valence-electron chi connectivity index (χ4n) is 2.75. The molecule has 1 unspecified atom stereocenters. The lowest BCUT2D eigenvalue weighted by Gasteiger charge is -2.31. The Bertz CT molecular complexity index is 532. The summed E-state index contributed by atoms with van der Waals surface area (Å²) in [5.41, 5.74) is 4.46. The third-order valence-electron chi connectivity index (χ3n) is 3.85. The summed E-state index contributed by atoms with van der Waals surface area (Å²) < 4.78 is 0. The molecule has 2 aromatic rings. The monoisotopic (exact) mass is 287 g/mol. The molecule has 4 heteroatoms. The fraction of sp³-hybridized carbons (Fsp3) is 0.438. The largest absolute Gasteiger partial charge is 0.376 e. The van der Waals surface area contributed by atoms with E-state index in [0.29, 0.717) is 6.04 Å². The third kappa shape index (κ3) is 2.96. The topological polar surface area (TPSA) is 28.2 Å². The Balaban J connectivity index is 1.78. The molecule has 1 saturated heterocycles. The van der Waals surface area contributed by atoms with Crippen LogP contribution >= 0.6 is 11.3 Å². The van der Waals surface area contributed by atoms with Gasteiger partial charge >= 0.3 is 0 Å². The smallest absolute Gasteiger partial charge is 0.0795 e. The summed E-state index contributed by atoms with van der Waals surface area (Å²) >= 11 is 1.70. The summed E-state index contributed by atoms with van der Waals surface area (Å²) in [5.74, 6) is 0. The highest BCUT2D eigenvalue weighted by Gasteiger charge is 2.15. The number of anilines is 2. The van der Waals surface area contributed by atoms with E-state index in [9.17, 15) is 0 Å². The van der Waals surface area contributed by atoms with Gasteiger partial charge in [0.1, 0.15) is 0 Å². The number of rotatable bonds is 4. The Labute approximate surface area is 124 Å². The van der Waals surface area contributed by atoms with Gasteiger partial charge in [0, 0.05) is 24.2 Å². The molecule has 0 saturated carbocycles. The van der Waals surface area contributed by atoms with Crippen LogP contribution in [0.15, 0.2) is 36.0 Å². The van der Waals surface area contributed by atoms with Gasteiger partial charge in [-0.3, -0.25) is 4.98 Å². The summed E-state index contributed by atoms with van der Waals surface area (Å²) in [6, 6.07) is 8.95. The Kier molecular flexibility index (Phi) is 4.21. The summed E-state index contributed by atoms with van der Waals surface area (Å²) in [5, 5.41) is 3.64. The van der Waals surface area contributed by atoms with Crippen molar-refractivity contribution in [3.8, 4) is 0 Å². The van der Waals surface area contributed by atoms with Crippen LogP contribution < -0.4 is 10.2 Å². The number of aromatic nitrogens is 1. The van der Waals surface area contributed by atoms with Gasteiger partial charge in [-0.15, -0.1) is 11.3 Å². The Morgan fingerprint density at radius 2 is 2.00 bits per heavy atom. The second kappa shape index (κ2) is 6.27. The van der Waals surface area contributed by atoms with Crippen LogP contribution in [0.2, 0.25) is 0 Å². The molecule has 3 rings (SSSR count). The van der Waals surface area contributed by atoms with Crippen molar-refractivity contribution in [2.75, 3.05) is 23.3 Å². The molecule has 1 aliphatic heterocycles. The minimum Gasteiger partial charge on any atom is -0.376 e. The molecule has 0 aliphatic carbocycles. The van der Waals surface area contributed by atoms with Crippen LogP contribution in [0.1, 0.15) is 37.1 Å². The quantitative estimate of drug-likeness (QED) is 0.908. The van der Waals surface area contributed by atoms with Crippen molar-refractivity contribution in [3.63, 3.8) is 0 Å². The molecule has 1 aliphatic rings. The van der Waals surface area contributed by atoms with Crippen LogP contribution in [0.5, 0.6) is 0 Å². The molecule has 1 N–H and O–H groups in total. The lowest BCUT2D eigenvalue weighted by atomic mass is 10.1. The van der Waals surface area contributed by atoms with Crippen molar-refractivity contribution in [1.82, 2.24) is 4.98 Å². The number of thiazole rings is 1. The van der Waals surface area contributed by atoms with Crippen molar-refractivity contribution in [2.45, 2.75) is 32.2 Å². The van der Waals surface area contributed by atoms with E-state index in [1.807, 2.05) is 11.7 Å². The van der Waals surface area contributed by atoms with Crippen molar-refractivity contribution in [1.29, 1.82) is 0 Å². The zero-order valence-electron chi connectivity index (χ0n) is 11.9. The van der Waals surface area contributed by atoms with Crippen LogP contribution in [-0.2, 0) is 0 Å². The SMILES string of the molecule is CC(Nc1ccccc1N1CCCCC1)c1cncs1. The Hall–Kier alpha value is -1.55. The van der Waals surface area contributed by atoms with E-state index in [1.165, 1.54) is 48.6 Å². The number of piperidine rings is 1. The van der Waals surface area contributed by atoms with E-state index in [0.717, 1.165) is 0 Å². The normalized spacial score (nSPS) is 16.9. The lowest BCUT2D eigenvalue weighted by Crippen LogP contribution is -2.30. The third-order valence-corrected chi connectivity index (χ3v) is 4.81. The van der Waals surface area contributed by atoms with Gasteiger partial charge in [0.25, 0.3) is 0 Å². The first-order chi connectivity index (χ1) is 9.84. The second-order valence-electron chi connectivity index (χ2n) is 5.33. The Morgan fingerprint density at radius 1 is 1.20 bits per heavy atom. The molecular weight excluding hydrogens is 266 g/mol. The average molecular weight is 287 g/mol. The van der Waals surface area contributed by atoms with E-state index in [2.05, 4.69) is 46.4 Å². The van der Waals surface area contributed by atoms with Crippen molar-refractivity contribution in [3.05, 3.63) is 40.8 Å². The number of nitrogens with one attached hydrogen (secondary N) is 1. The number of nitrogens with zero attached hydrogens (tertiary/aromatic N) is 2. The molecule has 20 heavy (non-hydrogen) atoms. The van der Waals surface area contributed by atoms with Gasteiger partial charge in [-0.05, 0) is 38.3 Å². The number of hydrogen-bond acceptors (Lipinski definition) is 4. The molecule has 106 valence electrons. The van der Waals surface area contributed by atoms with Gasteiger partial charge < -0.3 is 10.2 Å². The molecule has 0 bridgehead atoms. The molecule has 1 aromatic heterocycles. The molecule has 2 heterocycles. The molecule has 0 amide bonds. The maximum absolute atomic E-state index is 4.17. The predicted molar refractivity (Wildman–Crippen MR) is 86.7 cm³/mol. The number of benzene rings is 1. The van der Waals surface area contributed by atoms with Gasteiger partial charge in [-0.1, -0.05) is 12.1 Å². The van der Waals surface area contributed by atoms with Gasteiger partial charge in [0.05, 0.1) is 22.9 Å². The van der Waals surface area contributed by atoms with Gasteiger partial charge in [-0.2, -0.15) is 0 Å². The van der Waals surface area contributed by atoms with Crippen LogP contribution in [0, 0.1) is 0 Å². The van der Waals surface area contributed by atoms with Crippen LogP contribution in [0.3, 0.4) is 0 Å². The second-order valence-corrected chi connectivity index (χ2v) is 6.25. The molecule has 1 fully saturated rings. The first-order valence-corrected chi connectivity index (χ1v) is 8.21. The Morgan fingerprint density at radius 3 is 2.75 bits per heavy atom. The number of para-hydroxylation sites is 2. The van der Waals surface area contributed by atoms with Crippen molar-refractivity contribution >= 4 is 22.7 Å². The lowest BCUT2D eigenvalue weighted by molar-refractivity contribution is 0.578. The van der Waals surface area contributed by atoms with E-state index < -0.39 is 0 Å². The van der Waals surface area contributed by atoms with E-state index in [1.54, 1.807) is 11.3 Å². The minimum absolute atomic E-state index is 0.299. The highest BCUT2D eigenvalue weighted by Crippen LogP contribution is 2.31. The van der Waals surface area contributed by atoms with Crippen LogP contribution in [0.4, 0.5) is 11.4 Å². The van der Waals surface area contributed by atoms with E-state index in [-0.39, 0.29) is 0 Å². The minimum atomic E-state index is 0.299. The zero-order valence-corrected chi connectivity index (χ0v) is 12.7. The van der Waals surface area contributed by atoms with Crippen LogP contribution in [-0.4, -0.2) is 18.1 Å². The van der Waals surface area contributed by atoms with Gasteiger partial charge in [0.2, 0.25) is 0 Å². The number of hydrogen-bond donors (Lipinski definition) is 1. The highest BCUT2D eigenvalue weighted by atomic mass is 32.1. The van der Waals surface area contributed by atoms with Gasteiger partial charge in [0.15, 0.2) is 0 Å². The standard InChI is InChI=1S/C16H21N3S/c1-13(16-11-17-12-20-16)18-14-7-3-4-8-15(14)19-9-5-2-6-10-19/h3-4,7-8,11-13,18H,2,5-6,9-10H2,1H3. The molecule has 0 radical (unpaired) electrons. The van der Waals surface area contributed by atoms with Crippen LogP contribution in [0.25, 0.3) is 0 Å². The first kappa shape index (κ1) is 13.4. The first-order valence-electron chi connectivity index (χ1n) is 7.33. The summed E-state index contributed by atoms with van der Waals surface area (Å²) in [6.45, 7) is 4.54. The van der Waals surface area contributed by atoms with Crippen molar-refractivity contribution in [2.24, 2.45) is 0 Å². The molecular formula is C16H21N3S.